The number of hydrogen-bond acceptors (Lipinski definition) is 6. The van der Waals surface area contributed by atoms with Gasteiger partial charge in [-0.1, -0.05) is 47.6 Å². The summed E-state index contributed by atoms with van der Waals surface area (Å²) in [4.78, 5) is 6.56. The van der Waals surface area contributed by atoms with Gasteiger partial charge in [-0.05, 0) is 31.7 Å². The minimum Gasteiger partial charge on any atom is -0.338 e. The lowest BCUT2D eigenvalue weighted by atomic mass is 10.1. The van der Waals surface area contributed by atoms with Crippen molar-refractivity contribution in [1.29, 1.82) is 0 Å². The van der Waals surface area contributed by atoms with Crippen LogP contribution >= 0.6 is 0 Å². The van der Waals surface area contributed by atoms with Gasteiger partial charge in [0.25, 0.3) is 0 Å². The van der Waals surface area contributed by atoms with Crippen molar-refractivity contribution < 1.29 is 12.9 Å². The molecule has 2 N–H and O–H groups in total. The molecule has 136 valence electrons. The molecular formula is C18H20N4O3S. The molecule has 3 rings (SSSR count). The van der Waals surface area contributed by atoms with Crippen LogP contribution in [0.25, 0.3) is 11.4 Å². The maximum atomic E-state index is 11.3. The summed E-state index contributed by atoms with van der Waals surface area (Å²) in [7, 11) is -1.75. The molecule has 0 aliphatic rings. The summed E-state index contributed by atoms with van der Waals surface area (Å²) in [6.07, 6.45) is 0. The van der Waals surface area contributed by atoms with Crippen molar-refractivity contribution in [2.75, 3.05) is 7.05 Å². The van der Waals surface area contributed by atoms with Gasteiger partial charge in [0.15, 0.2) is 0 Å². The Morgan fingerprint density at radius 1 is 1.12 bits per heavy atom. The van der Waals surface area contributed by atoms with Gasteiger partial charge in [0.1, 0.15) is 0 Å². The first-order valence-corrected chi connectivity index (χ1v) is 9.60. The summed E-state index contributed by atoms with van der Waals surface area (Å²) in [5.41, 5.74) is 1.86. The van der Waals surface area contributed by atoms with Crippen molar-refractivity contribution >= 4 is 10.0 Å². The summed E-state index contributed by atoms with van der Waals surface area (Å²) in [5, 5.41) is 9.15. The molecule has 0 aliphatic carbocycles. The van der Waals surface area contributed by atoms with E-state index in [0.29, 0.717) is 18.3 Å². The van der Waals surface area contributed by atoms with Gasteiger partial charge in [0, 0.05) is 11.6 Å². The van der Waals surface area contributed by atoms with Gasteiger partial charge in [0.05, 0.1) is 11.4 Å². The molecule has 3 aromatic rings. The number of benzene rings is 2. The highest BCUT2D eigenvalue weighted by Gasteiger charge is 2.17. The number of rotatable bonds is 6. The molecule has 26 heavy (non-hydrogen) atoms. The Kier molecular flexibility index (Phi) is 5.17. The molecule has 0 saturated heterocycles. The third kappa shape index (κ3) is 4.16. The number of nitrogens with two attached hydrogens (primary N) is 1. The number of sulfonamides is 1. The molecule has 1 atom stereocenters. The Labute approximate surface area is 152 Å². The normalized spacial score (nSPS) is 13.1. The number of primary sulfonamides is 1. The lowest BCUT2D eigenvalue weighted by Crippen LogP contribution is -2.22. The molecule has 0 bridgehead atoms. The highest BCUT2D eigenvalue weighted by molar-refractivity contribution is 7.89. The Bertz CT molecular complexity index is 969. The van der Waals surface area contributed by atoms with Crippen molar-refractivity contribution in [2.24, 2.45) is 5.14 Å². The van der Waals surface area contributed by atoms with E-state index in [1.54, 1.807) is 12.1 Å². The van der Waals surface area contributed by atoms with Gasteiger partial charge in [-0.3, -0.25) is 4.90 Å². The molecule has 0 spiro atoms. The van der Waals surface area contributed by atoms with Crippen LogP contribution in [-0.4, -0.2) is 30.5 Å². The van der Waals surface area contributed by atoms with Crippen molar-refractivity contribution in [3.05, 3.63) is 66.1 Å². The quantitative estimate of drug-likeness (QED) is 0.713. The molecule has 0 amide bonds. The lowest BCUT2D eigenvalue weighted by molar-refractivity contribution is 0.216. The van der Waals surface area contributed by atoms with Gasteiger partial charge in [0.2, 0.25) is 21.7 Å². The van der Waals surface area contributed by atoms with Crippen LogP contribution in [0.15, 0.2) is 64.0 Å². The second-order valence-electron chi connectivity index (χ2n) is 6.08. The van der Waals surface area contributed by atoms with Crippen LogP contribution < -0.4 is 5.14 Å². The van der Waals surface area contributed by atoms with Gasteiger partial charge >= 0.3 is 0 Å². The molecule has 0 saturated carbocycles. The predicted molar refractivity (Wildman–Crippen MR) is 97.4 cm³/mol. The van der Waals surface area contributed by atoms with E-state index in [0.717, 1.165) is 11.1 Å². The van der Waals surface area contributed by atoms with Crippen LogP contribution in [0.3, 0.4) is 0 Å². The average Bonchev–Trinajstić information content (AvgIpc) is 3.09. The second-order valence-corrected chi connectivity index (χ2v) is 7.64. The van der Waals surface area contributed by atoms with E-state index in [4.69, 9.17) is 9.66 Å². The van der Waals surface area contributed by atoms with Crippen LogP contribution in [0.1, 0.15) is 24.4 Å². The summed E-state index contributed by atoms with van der Waals surface area (Å²) < 4.78 is 28.0. The van der Waals surface area contributed by atoms with Crippen LogP contribution in [0, 0.1) is 0 Å². The third-order valence-electron chi connectivity index (χ3n) is 4.24. The summed E-state index contributed by atoms with van der Waals surface area (Å²) in [6.45, 7) is 2.48. The largest absolute Gasteiger partial charge is 0.338 e. The minimum atomic E-state index is -3.68. The Morgan fingerprint density at radius 2 is 1.77 bits per heavy atom. The zero-order chi connectivity index (χ0) is 18.7. The number of nitrogens with zero attached hydrogens (tertiary/aromatic N) is 3. The molecule has 0 aliphatic heterocycles. The molecule has 0 radical (unpaired) electrons. The fourth-order valence-corrected chi connectivity index (χ4v) is 3.08. The lowest BCUT2D eigenvalue weighted by Gasteiger charge is -2.23. The fourth-order valence-electron chi connectivity index (χ4n) is 2.56. The van der Waals surface area contributed by atoms with Crippen LogP contribution in [0.2, 0.25) is 0 Å². The fraction of sp³-hybridized carbons (Fsp3) is 0.222. The van der Waals surface area contributed by atoms with Gasteiger partial charge in [-0.2, -0.15) is 4.98 Å². The van der Waals surface area contributed by atoms with E-state index < -0.39 is 10.0 Å². The Balaban J connectivity index is 1.70. The zero-order valence-electron chi connectivity index (χ0n) is 14.5. The second kappa shape index (κ2) is 7.36. The first-order valence-electron chi connectivity index (χ1n) is 8.05. The first kappa shape index (κ1) is 18.2. The molecule has 1 aromatic heterocycles. The Morgan fingerprint density at radius 3 is 2.38 bits per heavy atom. The smallest absolute Gasteiger partial charge is 0.241 e. The molecular weight excluding hydrogens is 352 g/mol. The van der Waals surface area contributed by atoms with E-state index in [-0.39, 0.29) is 10.9 Å². The van der Waals surface area contributed by atoms with Gasteiger partial charge < -0.3 is 4.52 Å². The van der Waals surface area contributed by atoms with Crippen LogP contribution in [0.5, 0.6) is 0 Å². The highest BCUT2D eigenvalue weighted by atomic mass is 32.2. The Hall–Kier alpha value is -2.55. The maximum Gasteiger partial charge on any atom is 0.241 e. The summed E-state index contributed by atoms with van der Waals surface area (Å²) in [6, 6.07) is 16.2. The monoisotopic (exact) mass is 372 g/mol. The van der Waals surface area contributed by atoms with Crippen molar-refractivity contribution in [3.8, 4) is 11.4 Å². The van der Waals surface area contributed by atoms with E-state index in [1.165, 1.54) is 12.1 Å². The van der Waals surface area contributed by atoms with Crippen molar-refractivity contribution in [1.82, 2.24) is 15.0 Å². The predicted octanol–water partition coefficient (Wildman–Crippen LogP) is 2.58. The molecule has 1 heterocycles. The van der Waals surface area contributed by atoms with E-state index in [9.17, 15) is 8.42 Å². The topological polar surface area (TPSA) is 102 Å². The minimum absolute atomic E-state index is 0.0246. The maximum absolute atomic E-state index is 11.3. The van der Waals surface area contributed by atoms with Crippen molar-refractivity contribution in [3.63, 3.8) is 0 Å². The van der Waals surface area contributed by atoms with E-state index in [2.05, 4.69) is 10.1 Å². The standard InChI is InChI=1S/C18H20N4O3S/c1-13(14-8-10-16(11-9-14)26(19,23)24)22(2)12-17-20-18(21-25-17)15-6-4-3-5-7-15/h3-11,13H,12H2,1-2H3,(H2,19,23,24)/t13-/m0/s1. The molecule has 0 unspecified atom stereocenters. The summed E-state index contributed by atoms with van der Waals surface area (Å²) in [5.74, 6) is 1.07. The molecule has 0 fully saturated rings. The van der Waals surface area contributed by atoms with Crippen molar-refractivity contribution in [2.45, 2.75) is 24.4 Å². The summed E-state index contributed by atoms with van der Waals surface area (Å²) >= 11 is 0. The van der Waals surface area contributed by atoms with Gasteiger partial charge in [-0.15, -0.1) is 0 Å². The molecule has 2 aromatic carbocycles. The van der Waals surface area contributed by atoms with Crippen LogP contribution in [0.4, 0.5) is 0 Å². The number of hydrogen-bond donors (Lipinski definition) is 1. The average molecular weight is 372 g/mol. The van der Waals surface area contributed by atoms with Gasteiger partial charge in [-0.25, -0.2) is 13.6 Å². The third-order valence-corrected chi connectivity index (χ3v) is 5.17. The van der Waals surface area contributed by atoms with Crippen LogP contribution in [-0.2, 0) is 16.6 Å². The van der Waals surface area contributed by atoms with E-state index >= 15 is 0 Å². The SMILES string of the molecule is C[C@@H](c1ccc(S(N)(=O)=O)cc1)N(C)Cc1nc(-c2ccccc2)no1. The molecule has 7 nitrogen and oxygen atoms in total. The van der Waals surface area contributed by atoms with E-state index in [1.807, 2.05) is 49.2 Å². The first-order chi connectivity index (χ1) is 12.3. The molecule has 8 heteroatoms. The highest BCUT2D eigenvalue weighted by Crippen LogP contribution is 2.22. The zero-order valence-corrected chi connectivity index (χ0v) is 15.3. The number of aromatic nitrogens is 2.